The van der Waals surface area contributed by atoms with Gasteiger partial charge in [0, 0.05) is 6.07 Å². The molecule has 2 rings (SSSR count). The summed E-state index contributed by atoms with van der Waals surface area (Å²) in [5.74, 6) is -1.68. The van der Waals surface area contributed by atoms with E-state index in [0.29, 0.717) is 12.2 Å². The third-order valence-electron chi connectivity index (χ3n) is 2.90. The summed E-state index contributed by atoms with van der Waals surface area (Å²) in [5, 5.41) is 13.3. The third-order valence-corrected chi connectivity index (χ3v) is 2.90. The minimum atomic E-state index is -0.848. The van der Waals surface area contributed by atoms with Crippen LogP contribution in [-0.2, 0) is 23.8 Å². The number of nitrogens with zero attached hydrogens (tertiary/aromatic N) is 1. The van der Waals surface area contributed by atoms with Crippen LogP contribution in [0.1, 0.15) is 5.56 Å². The summed E-state index contributed by atoms with van der Waals surface area (Å²) in [6.45, 7) is 1.55. The van der Waals surface area contributed by atoms with E-state index in [0.717, 1.165) is 6.26 Å². The van der Waals surface area contributed by atoms with E-state index in [2.05, 4.69) is 5.32 Å². The van der Waals surface area contributed by atoms with Gasteiger partial charge in [-0.3, -0.25) is 14.9 Å². The number of esters is 1. The SMILES string of the molecule is Cc1cccc([N+](=O)[O-])c1NC(=O)COC(=O)C1=COCCO1. The minimum absolute atomic E-state index is 0.0648. The van der Waals surface area contributed by atoms with E-state index in [1.54, 1.807) is 13.0 Å². The molecule has 0 fully saturated rings. The molecule has 1 aromatic rings. The van der Waals surface area contributed by atoms with Crippen molar-refractivity contribution in [1.82, 2.24) is 0 Å². The van der Waals surface area contributed by atoms with Crippen molar-refractivity contribution in [3.05, 3.63) is 45.9 Å². The van der Waals surface area contributed by atoms with E-state index < -0.39 is 23.4 Å². The van der Waals surface area contributed by atoms with E-state index >= 15 is 0 Å². The number of carbonyl (C=O) groups excluding carboxylic acids is 2. The minimum Gasteiger partial charge on any atom is -0.493 e. The molecule has 9 heteroatoms. The van der Waals surface area contributed by atoms with Crippen molar-refractivity contribution in [2.75, 3.05) is 25.1 Å². The van der Waals surface area contributed by atoms with Gasteiger partial charge in [0.2, 0.25) is 5.76 Å². The molecule has 1 aliphatic rings. The highest BCUT2D eigenvalue weighted by Crippen LogP contribution is 2.27. The van der Waals surface area contributed by atoms with Crippen LogP contribution < -0.4 is 5.32 Å². The molecule has 0 bridgehead atoms. The van der Waals surface area contributed by atoms with Crippen molar-refractivity contribution in [2.45, 2.75) is 6.92 Å². The first-order valence-electron chi connectivity index (χ1n) is 6.64. The zero-order valence-electron chi connectivity index (χ0n) is 12.2. The van der Waals surface area contributed by atoms with Gasteiger partial charge < -0.3 is 19.5 Å². The first-order valence-corrected chi connectivity index (χ1v) is 6.64. The molecule has 0 spiro atoms. The van der Waals surface area contributed by atoms with E-state index in [1.807, 2.05) is 0 Å². The van der Waals surface area contributed by atoms with Gasteiger partial charge in [0.15, 0.2) is 6.61 Å². The van der Waals surface area contributed by atoms with Gasteiger partial charge in [0.1, 0.15) is 25.2 Å². The summed E-state index contributed by atoms with van der Waals surface area (Å²) in [4.78, 5) is 33.8. The zero-order valence-corrected chi connectivity index (χ0v) is 12.2. The molecular formula is C14H14N2O7. The second-order valence-corrected chi connectivity index (χ2v) is 4.55. The molecular weight excluding hydrogens is 308 g/mol. The second kappa shape index (κ2) is 7.25. The van der Waals surface area contributed by atoms with Crippen LogP contribution in [0.3, 0.4) is 0 Å². The number of rotatable bonds is 5. The Morgan fingerprint density at radius 3 is 2.83 bits per heavy atom. The Hall–Kier alpha value is -3.10. The molecule has 0 aromatic heterocycles. The molecule has 0 unspecified atom stereocenters. The van der Waals surface area contributed by atoms with Gasteiger partial charge in [-0.2, -0.15) is 0 Å². The summed E-state index contributed by atoms with van der Waals surface area (Å²) >= 11 is 0. The summed E-state index contributed by atoms with van der Waals surface area (Å²) in [6, 6.07) is 4.40. The van der Waals surface area contributed by atoms with Crippen LogP contribution in [0.25, 0.3) is 0 Å². The number of para-hydroxylation sites is 1. The Kier molecular flexibility index (Phi) is 5.13. The Labute approximate surface area is 131 Å². The van der Waals surface area contributed by atoms with Crippen LogP contribution in [0.4, 0.5) is 11.4 Å². The molecule has 0 atom stereocenters. The monoisotopic (exact) mass is 322 g/mol. The first-order chi connectivity index (χ1) is 11.0. The predicted octanol–water partition coefficient (Wildman–Crippen LogP) is 1.27. The molecule has 0 saturated heterocycles. The number of carbonyl (C=O) groups is 2. The lowest BCUT2D eigenvalue weighted by molar-refractivity contribution is -0.384. The summed E-state index contributed by atoms with van der Waals surface area (Å²) < 4.78 is 14.7. The normalized spacial score (nSPS) is 13.2. The van der Waals surface area contributed by atoms with Crippen LogP contribution >= 0.6 is 0 Å². The smallest absolute Gasteiger partial charge is 0.377 e. The Balaban J connectivity index is 1.96. The summed E-state index contributed by atoms with van der Waals surface area (Å²) in [5.41, 5.74) is 0.344. The highest BCUT2D eigenvalue weighted by molar-refractivity contribution is 5.96. The standard InChI is InChI=1S/C14H14N2O7/c1-9-3-2-4-10(16(19)20)13(9)15-12(17)8-23-14(18)11-7-21-5-6-22-11/h2-4,7H,5-6,8H2,1H3,(H,15,17). The average Bonchev–Trinajstić information content (AvgIpc) is 2.55. The van der Waals surface area contributed by atoms with Crippen molar-refractivity contribution in [3.8, 4) is 0 Å². The summed E-state index contributed by atoms with van der Waals surface area (Å²) in [7, 11) is 0. The zero-order chi connectivity index (χ0) is 16.8. The van der Waals surface area contributed by atoms with Gasteiger partial charge in [0.05, 0.1) is 4.92 Å². The molecule has 1 heterocycles. The fourth-order valence-corrected chi connectivity index (χ4v) is 1.82. The topological polar surface area (TPSA) is 117 Å². The van der Waals surface area contributed by atoms with E-state index in [4.69, 9.17) is 14.2 Å². The van der Waals surface area contributed by atoms with Crippen molar-refractivity contribution in [1.29, 1.82) is 0 Å². The molecule has 0 aliphatic carbocycles. The first kappa shape index (κ1) is 16.3. The van der Waals surface area contributed by atoms with Crippen LogP contribution in [-0.4, -0.2) is 36.6 Å². The number of anilines is 1. The van der Waals surface area contributed by atoms with Gasteiger partial charge in [-0.05, 0) is 12.5 Å². The molecule has 1 amide bonds. The number of hydrogen-bond donors (Lipinski definition) is 1. The largest absolute Gasteiger partial charge is 0.493 e. The highest BCUT2D eigenvalue weighted by Gasteiger charge is 2.20. The highest BCUT2D eigenvalue weighted by atomic mass is 16.6. The molecule has 0 saturated carbocycles. The van der Waals surface area contributed by atoms with Gasteiger partial charge in [-0.15, -0.1) is 0 Å². The number of hydrogen-bond acceptors (Lipinski definition) is 7. The molecule has 9 nitrogen and oxygen atoms in total. The molecule has 122 valence electrons. The fraction of sp³-hybridized carbons (Fsp3) is 0.286. The van der Waals surface area contributed by atoms with Gasteiger partial charge in [-0.1, -0.05) is 12.1 Å². The van der Waals surface area contributed by atoms with Crippen LogP contribution in [0.2, 0.25) is 0 Å². The average molecular weight is 322 g/mol. The number of amides is 1. The van der Waals surface area contributed by atoms with E-state index in [1.165, 1.54) is 12.1 Å². The number of nitro groups is 1. The summed E-state index contributed by atoms with van der Waals surface area (Å²) in [6.07, 6.45) is 1.11. The van der Waals surface area contributed by atoms with Crippen molar-refractivity contribution < 1.29 is 28.7 Å². The lowest BCUT2D eigenvalue weighted by Gasteiger charge is -2.14. The number of benzene rings is 1. The number of nitrogens with one attached hydrogen (secondary N) is 1. The van der Waals surface area contributed by atoms with Crippen molar-refractivity contribution in [3.63, 3.8) is 0 Å². The van der Waals surface area contributed by atoms with Gasteiger partial charge in [-0.25, -0.2) is 4.79 Å². The van der Waals surface area contributed by atoms with Crippen LogP contribution in [0, 0.1) is 17.0 Å². The van der Waals surface area contributed by atoms with Gasteiger partial charge >= 0.3 is 5.97 Å². The van der Waals surface area contributed by atoms with E-state index in [9.17, 15) is 19.7 Å². The molecule has 1 aromatic carbocycles. The lowest BCUT2D eigenvalue weighted by atomic mass is 10.1. The van der Waals surface area contributed by atoms with E-state index in [-0.39, 0.29) is 23.7 Å². The number of aryl methyl sites for hydroxylation is 1. The van der Waals surface area contributed by atoms with Crippen molar-refractivity contribution >= 4 is 23.3 Å². The molecule has 0 radical (unpaired) electrons. The van der Waals surface area contributed by atoms with Crippen LogP contribution in [0.5, 0.6) is 0 Å². The molecule has 1 N–H and O–H groups in total. The maximum atomic E-state index is 11.8. The second-order valence-electron chi connectivity index (χ2n) is 4.55. The van der Waals surface area contributed by atoms with Crippen LogP contribution in [0.15, 0.2) is 30.2 Å². The predicted molar refractivity (Wildman–Crippen MR) is 77.4 cm³/mol. The number of nitro benzene ring substituents is 1. The Morgan fingerprint density at radius 2 is 2.17 bits per heavy atom. The lowest BCUT2D eigenvalue weighted by Crippen LogP contribution is -2.24. The maximum absolute atomic E-state index is 11.8. The molecule has 23 heavy (non-hydrogen) atoms. The molecule has 1 aliphatic heterocycles. The Morgan fingerprint density at radius 1 is 1.39 bits per heavy atom. The Bertz CT molecular complexity index is 669. The van der Waals surface area contributed by atoms with Crippen molar-refractivity contribution in [2.24, 2.45) is 0 Å². The fourth-order valence-electron chi connectivity index (χ4n) is 1.82. The maximum Gasteiger partial charge on any atom is 0.377 e. The third kappa shape index (κ3) is 4.19. The number of ether oxygens (including phenoxy) is 3. The van der Waals surface area contributed by atoms with Gasteiger partial charge in [0.25, 0.3) is 11.6 Å². The quantitative estimate of drug-likeness (QED) is 0.493.